The summed E-state index contributed by atoms with van der Waals surface area (Å²) in [6, 6.07) is 9.62. The van der Waals surface area contributed by atoms with E-state index in [1.165, 1.54) is 11.3 Å². The molecule has 0 N–H and O–H groups in total. The fraction of sp³-hybridized carbons (Fsp3) is 0.222. The van der Waals surface area contributed by atoms with Crippen LogP contribution in [0, 0.1) is 20.8 Å². The molecule has 23 heavy (non-hydrogen) atoms. The van der Waals surface area contributed by atoms with Gasteiger partial charge in [0.2, 0.25) is 0 Å². The van der Waals surface area contributed by atoms with Crippen molar-refractivity contribution >= 4 is 39.1 Å². The van der Waals surface area contributed by atoms with Gasteiger partial charge in [0.15, 0.2) is 4.80 Å². The van der Waals surface area contributed by atoms with E-state index in [4.69, 9.17) is 11.6 Å². The summed E-state index contributed by atoms with van der Waals surface area (Å²) in [4.78, 5) is 17.5. The maximum atomic E-state index is 12.5. The fourth-order valence-electron chi connectivity index (χ4n) is 2.71. The van der Waals surface area contributed by atoms with Crippen LogP contribution in [0.4, 0.5) is 0 Å². The van der Waals surface area contributed by atoms with Crippen molar-refractivity contribution in [2.45, 2.75) is 20.8 Å². The van der Waals surface area contributed by atoms with E-state index >= 15 is 0 Å². The molecule has 1 amide bonds. The number of nitrogens with zero attached hydrogens (tertiary/aromatic N) is 2. The number of hydrogen-bond acceptors (Lipinski definition) is 2. The molecule has 2 aromatic carbocycles. The molecule has 1 heterocycles. The summed E-state index contributed by atoms with van der Waals surface area (Å²) in [5, 5.41) is 0.687. The van der Waals surface area contributed by atoms with E-state index in [-0.39, 0.29) is 5.91 Å². The van der Waals surface area contributed by atoms with Gasteiger partial charge in [-0.05, 0) is 44.0 Å². The van der Waals surface area contributed by atoms with E-state index in [0.717, 1.165) is 26.9 Å². The third kappa shape index (κ3) is 2.84. The Kier molecular flexibility index (Phi) is 4.13. The topological polar surface area (TPSA) is 34.4 Å². The van der Waals surface area contributed by atoms with E-state index in [1.807, 2.05) is 62.7 Å². The van der Waals surface area contributed by atoms with Crippen LogP contribution in [0.5, 0.6) is 0 Å². The van der Waals surface area contributed by atoms with Gasteiger partial charge in [-0.2, -0.15) is 4.99 Å². The first-order valence-corrected chi connectivity index (χ1v) is 8.49. The minimum absolute atomic E-state index is 0.224. The molecule has 0 spiro atoms. The maximum absolute atomic E-state index is 12.5. The van der Waals surface area contributed by atoms with Crippen LogP contribution in [0.25, 0.3) is 10.2 Å². The average molecular weight is 345 g/mol. The predicted molar refractivity (Wildman–Crippen MR) is 96.4 cm³/mol. The Balaban J connectivity index is 2.18. The van der Waals surface area contributed by atoms with Gasteiger partial charge in [-0.25, -0.2) is 0 Å². The lowest BCUT2D eigenvalue weighted by Gasteiger charge is -2.02. The normalized spacial score (nSPS) is 12.1. The zero-order chi connectivity index (χ0) is 16.7. The number of hydrogen-bond donors (Lipinski definition) is 0. The van der Waals surface area contributed by atoms with Crippen molar-refractivity contribution in [1.82, 2.24) is 4.57 Å². The summed E-state index contributed by atoms with van der Waals surface area (Å²) in [5.74, 6) is -0.224. The standard InChI is InChI=1S/C18H17ClN2OS/c1-10-5-7-13(12(3)9-10)17(22)20-18-21(4)15-11(2)6-8-14(19)16(15)23-18/h5-9H,1-4H3. The number of thiazole rings is 1. The molecule has 3 rings (SSSR count). The lowest BCUT2D eigenvalue weighted by molar-refractivity contribution is 0.0997. The molecule has 0 aliphatic heterocycles. The molecule has 118 valence electrons. The highest BCUT2D eigenvalue weighted by atomic mass is 35.5. The van der Waals surface area contributed by atoms with Crippen molar-refractivity contribution in [2.24, 2.45) is 12.0 Å². The Morgan fingerprint density at radius 1 is 1.13 bits per heavy atom. The summed E-state index contributed by atoms with van der Waals surface area (Å²) >= 11 is 7.72. The lowest BCUT2D eigenvalue weighted by atomic mass is 10.1. The van der Waals surface area contributed by atoms with Crippen molar-refractivity contribution in [3.63, 3.8) is 0 Å². The molecule has 1 aromatic heterocycles. The van der Waals surface area contributed by atoms with Crippen LogP contribution >= 0.6 is 22.9 Å². The molecule has 0 radical (unpaired) electrons. The molecule has 5 heteroatoms. The Bertz CT molecular complexity index is 998. The van der Waals surface area contributed by atoms with Crippen molar-refractivity contribution < 1.29 is 4.79 Å². The van der Waals surface area contributed by atoms with Gasteiger partial charge in [0.05, 0.1) is 15.2 Å². The number of carbonyl (C=O) groups is 1. The molecule has 0 saturated carbocycles. The van der Waals surface area contributed by atoms with Gasteiger partial charge in [0.25, 0.3) is 5.91 Å². The van der Waals surface area contributed by atoms with E-state index < -0.39 is 0 Å². The third-order valence-electron chi connectivity index (χ3n) is 3.91. The first kappa shape index (κ1) is 16.0. The number of aryl methyl sites for hydroxylation is 4. The Labute approximate surface area is 143 Å². The number of aromatic nitrogens is 1. The van der Waals surface area contributed by atoms with Crippen LogP contribution in [0.1, 0.15) is 27.0 Å². The SMILES string of the molecule is Cc1ccc(C(=O)N=c2sc3c(Cl)ccc(C)c3n2C)c(C)c1. The molecular formula is C18H17ClN2OS. The van der Waals surface area contributed by atoms with Gasteiger partial charge in [0, 0.05) is 12.6 Å². The van der Waals surface area contributed by atoms with Crippen LogP contribution in [0.15, 0.2) is 35.3 Å². The van der Waals surface area contributed by atoms with Gasteiger partial charge in [0.1, 0.15) is 0 Å². The number of rotatable bonds is 1. The van der Waals surface area contributed by atoms with E-state index in [0.29, 0.717) is 15.4 Å². The summed E-state index contributed by atoms with van der Waals surface area (Å²) in [7, 11) is 1.91. The molecular weight excluding hydrogens is 328 g/mol. The molecule has 3 nitrogen and oxygen atoms in total. The average Bonchev–Trinajstić information content (AvgIpc) is 2.81. The van der Waals surface area contributed by atoms with Crippen LogP contribution in [-0.2, 0) is 7.05 Å². The fourth-order valence-corrected chi connectivity index (χ4v) is 4.08. The molecule has 0 aliphatic rings. The second kappa shape index (κ2) is 5.95. The second-order valence-electron chi connectivity index (χ2n) is 5.72. The Morgan fingerprint density at radius 3 is 2.52 bits per heavy atom. The molecule has 0 aliphatic carbocycles. The maximum Gasteiger partial charge on any atom is 0.279 e. The summed E-state index contributed by atoms with van der Waals surface area (Å²) in [6.07, 6.45) is 0. The molecule has 0 bridgehead atoms. The molecule has 0 unspecified atom stereocenters. The Hall–Kier alpha value is -1.91. The van der Waals surface area contributed by atoms with Gasteiger partial charge < -0.3 is 4.57 Å². The number of amides is 1. The minimum atomic E-state index is -0.224. The molecule has 0 saturated heterocycles. The molecule has 0 atom stereocenters. The van der Waals surface area contributed by atoms with Crippen LogP contribution in [0.2, 0.25) is 5.02 Å². The highest BCUT2D eigenvalue weighted by Crippen LogP contribution is 2.28. The first-order valence-electron chi connectivity index (χ1n) is 7.29. The van der Waals surface area contributed by atoms with Crippen molar-refractivity contribution in [3.05, 3.63) is 62.4 Å². The molecule has 0 fully saturated rings. The monoisotopic (exact) mass is 344 g/mol. The number of benzene rings is 2. The summed E-state index contributed by atoms with van der Waals surface area (Å²) < 4.78 is 2.89. The number of halogens is 1. The van der Waals surface area contributed by atoms with E-state index in [9.17, 15) is 4.79 Å². The largest absolute Gasteiger partial charge is 0.319 e. The van der Waals surface area contributed by atoms with Crippen LogP contribution in [0.3, 0.4) is 0 Å². The van der Waals surface area contributed by atoms with E-state index in [2.05, 4.69) is 4.99 Å². The number of fused-ring (bicyclic) bond motifs is 1. The first-order chi connectivity index (χ1) is 10.9. The second-order valence-corrected chi connectivity index (χ2v) is 7.11. The van der Waals surface area contributed by atoms with E-state index in [1.54, 1.807) is 0 Å². The van der Waals surface area contributed by atoms with Gasteiger partial charge in [-0.15, -0.1) is 0 Å². The van der Waals surface area contributed by atoms with Crippen molar-refractivity contribution in [3.8, 4) is 0 Å². The lowest BCUT2D eigenvalue weighted by Crippen LogP contribution is -2.14. The Morgan fingerprint density at radius 2 is 1.87 bits per heavy atom. The predicted octanol–water partition coefficient (Wildman–Crippen LogP) is 4.56. The minimum Gasteiger partial charge on any atom is -0.319 e. The van der Waals surface area contributed by atoms with Crippen LogP contribution < -0.4 is 4.80 Å². The highest BCUT2D eigenvalue weighted by Gasteiger charge is 2.12. The zero-order valence-corrected chi connectivity index (χ0v) is 15.0. The number of carbonyl (C=O) groups excluding carboxylic acids is 1. The van der Waals surface area contributed by atoms with Gasteiger partial charge >= 0.3 is 0 Å². The third-order valence-corrected chi connectivity index (χ3v) is 5.50. The van der Waals surface area contributed by atoms with Gasteiger partial charge in [-0.1, -0.05) is 46.7 Å². The molecule has 3 aromatic rings. The van der Waals surface area contributed by atoms with Crippen molar-refractivity contribution in [1.29, 1.82) is 0 Å². The van der Waals surface area contributed by atoms with Gasteiger partial charge in [-0.3, -0.25) is 4.79 Å². The highest BCUT2D eigenvalue weighted by molar-refractivity contribution is 7.17. The zero-order valence-electron chi connectivity index (χ0n) is 13.5. The van der Waals surface area contributed by atoms with Crippen LogP contribution in [-0.4, -0.2) is 10.5 Å². The van der Waals surface area contributed by atoms with Crippen molar-refractivity contribution in [2.75, 3.05) is 0 Å². The summed E-state index contributed by atoms with van der Waals surface area (Å²) in [6.45, 7) is 5.97. The quantitative estimate of drug-likeness (QED) is 0.637. The smallest absolute Gasteiger partial charge is 0.279 e. The summed E-state index contributed by atoms with van der Waals surface area (Å²) in [5.41, 5.74) is 4.85.